The molecule has 1 aromatic rings. The Morgan fingerprint density at radius 3 is 2.71 bits per heavy atom. The van der Waals surface area contributed by atoms with Gasteiger partial charge in [0.2, 0.25) is 5.91 Å². The van der Waals surface area contributed by atoms with Crippen LogP contribution in [0.15, 0.2) is 18.2 Å². The van der Waals surface area contributed by atoms with Crippen LogP contribution in [0.2, 0.25) is 5.02 Å². The number of carbonyl (C=O) groups excluding carboxylic acids is 1. The molecular formula is C15H19Cl2F3N2O2. The van der Waals surface area contributed by atoms with Crippen molar-refractivity contribution in [3.05, 3.63) is 23.2 Å². The average Bonchev–Trinajstić information content (AvgIpc) is 2.46. The molecule has 0 spiro atoms. The van der Waals surface area contributed by atoms with Gasteiger partial charge in [0.05, 0.1) is 5.69 Å². The number of carbonyl (C=O) groups is 1. The third-order valence-corrected chi connectivity index (χ3v) is 3.91. The minimum Gasteiger partial charge on any atom is -0.482 e. The van der Waals surface area contributed by atoms with E-state index >= 15 is 0 Å². The first-order chi connectivity index (χ1) is 10.7. The highest BCUT2D eigenvalue weighted by Gasteiger charge is 2.30. The lowest BCUT2D eigenvalue weighted by Crippen LogP contribution is -2.34. The maximum Gasteiger partial charge on any atom is 0.422 e. The largest absolute Gasteiger partial charge is 0.482 e. The van der Waals surface area contributed by atoms with Gasteiger partial charge in [-0.15, -0.1) is 12.4 Å². The number of nitrogens with one attached hydrogen (secondary N) is 1. The Bertz CT molecular complexity index is 570. The van der Waals surface area contributed by atoms with Crippen LogP contribution in [0.4, 0.5) is 18.9 Å². The second-order valence-corrected chi connectivity index (χ2v) is 6.09. The van der Waals surface area contributed by atoms with Gasteiger partial charge in [-0.05, 0) is 31.4 Å². The molecule has 0 aromatic heterocycles. The smallest absolute Gasteiger partial charge is 0.422 e. The monoisotopic (exact) mass is 386 g/mol. The Hall–Kier alpha value is -1.18. The first-order valence-corrected chi connectivity index (χ1v) is 7.68. The molecule has 9 heteroatoms. The summed E-state index contributed by atoms with van der Waals surface area (Å²) < 4.78 is 41.7. The molecule has 3 N–H and O–H groups in total. The summed E-state index contributed by atoms with van der Waals surface area (Å²) in [7, 11) is 0. The van der Waals surface area contributed by atoms with Crippen LogP contribution < -0.4 is 15.8 Å². The molecule has 2 rings (SSSR count). The van der Waals surface area contributed by atoms with Crippen molar-refractivity contribution in [3.8, 4) is 5.75 Å². The zero-order chi connectivity index (χ0) is 17.0. The molecule has 1 aliphatic carbocycles. The van der Waals surface area contributed by atoms with E-state index in [9.17, 15) is 18.0 Å². The molecule has 2 unspecified atom stereocenters. The molecule has 2 atom stereocenters. The predicted octanol–water partition coefficient (Wildman–Crippen LogP) is 4.16. The van der Waals surface area contributed by atoms with Gasteiger partial charge >= 0.3 is 6.18 Å². The number of nitrogens with two attached hydrogens (primary N) is 1. The summed E-state index contributed by atoms with van der Waals surface area (Å²) in [5.41, 5.74) is 6.02. The number of ether oxygens (including phenoxy) is 1. The summed E-state index contributed by atoms with van der Waals surface area (Å²) in [5.74, 6) is -0.618. The number of alkyl halides is 3. The van der Waals surface area contributed by atoms with Crippen LogP contribution in [-0.4, -0.2) is 24.7 Å². The minimum absolute atomic E-state index is 0. The van der Waals surface area contributed by atoms with Crippen molar-refractivity contribution in [2.24, 2.45) is 11.7 Å². The van der Waals surface area contributed by atoms with Crippen LogP contribution in [0, 0.1) is 5.92 Å². The maximum atomic E-state index is 12.3. The number of benzene rings is 1. The molecule has 0 aliphatic heterocycles. The summed E-state index contributed by atoms with van der Waals surface area (Å²) in [6, 6.07) is 4.12. The van der Waals surface area contributed by atoms with Crippen LogP contribution in [0.25, 0.3) is 0 Å². The highest BCUT2D eigenvalue weighted by atomic mass is 35.5. The van der Waals surface area contributed by atoms with E-state index in [1.807, 2.05) is 0 Å². The van der Waals surface area contributed by atoms with Crippen molar-refractivity contribution < 1.29 is 22.7 Å². The van der Waals surface area contributed by atoms with E-state index in [-0.39, 0.29) is 46.7 Å². The Kier molecular flexibility index (Phi) is 7.63. The highest BCUT2D eigenvalue weighted by molar-refractivity contribution is 6.30. The van der Waals surface area contributed by atoms with E-state index < -0.39 is 12.8 Å². The molecular weight excluding hydrogens is 368 g/mol. The molecule has 0 saturated heterocycles. The second-order valence-electron chi connectivity index (χ2n) is 5.66. The van der Waals surface area contributed by atoms with Gasteiger partial charge in [-0.2, -0.15) is 13.2 Å². The molecule has 4 nitrogen and oxygen atoms in total. The molecule has 0 bridgehead atoms. The lowest BCUT2D eigenvalue weighted by atomic mass is 9.85. The van der Waals surface area contributed by atoms with Crippen molar-refractivity contribution in [2.45, 2.75) is 37.9 Å². The zero-order valence-electron chi connectivity index (χ0n) is 12.7. The first kappa shape index (κ1) is 20.9. The molecule has 1 amide bonds. The van der Waals surface area contributed by atoms with Crippen LogP contribution in [0.3, 0.4) is 0 Å². The summed E-state index contributed by atoms with van der Waals surface area (Å²) in [4.78, 5) is 12.3. The van der Waals surface area contributed by atoms with Crippen molar-refractivity contribution in [1.29, 1.82) is 0 Å². The number of hydrogen-bond acceptors (Lipinski definition) is 3. The third-order valence-electron chi connectivity index (χ3n) is 3.68. The average molecular weight is 387 g/mol. The van der Waals surface area contributed by atoms with Crippen LogP contribution in [0.5, 0.6) is 5.75 Å². The summed E-state index contributed by atoms with van der Waals surface area (Å²) in [6.45, 7) is -1.45. The number of rotatable bonds is 4. The van der Waals surface area contributed by atoms with E-state index in [1.165, 1.54) is 18.2 Å². The van der Waals surface area contributed by atoms with Gasteiger partial charge in [0.15, 0.2) is 6.61 Å². The Morgan fingerprint density at radius 1 is 1.38 bits per heavy atom. The Labute approximate surface area is 149 Å². The highest BCUT2D eigenvalue weighted by Crippen LogP contribution is 2.31. The fourth-order valence-corrected chi connectivity index (χ4v) is 2.74. The van der Waals surface area contributed by atoms with Gasteiger partial charge in [-0.3, -0.25) is 4.79 Å². The Balaban J connectivity index is 0.00000288. The summed E-state index contributed by atoms with van der Waals surface area (Å²) in [5, 5.41) is 2.84. The predicted molar refractivity (Wildman–Crippen MR) is 88.8 cm³/mol. The number of amides is 1. The second kappa shape index (κ2) is 8.78. The van der Waals surface area contributed by atoms with Crippen LogP contribution in [0.1, 0.15) is 25.7 Å². The maximum absolute atomic E-state index is 12.3. The summed E-state index contributed by atoms with van der Waals surface area (Å²) in [6.07, 6.45) is -1.45. The molecule has 1 fully saturated rings. The fraction of sp³-hybridized carbons (Fsp3) is 0.533. The third kappa shape index (κ3) is 6.37. The zero-order valence-corrected chi connectivity index (χ0v) is 14.3. The minimum atomic E-state index is -4.47. The van der Waals surface area contributed by atoms with Crippen LogP contribution in [-0.2, 0) is 4.79 Å². The van der Waals surface area contributed by atoms with Crippen molar-refractivity contribution in [1.82, 2.24) is 0 Å². The SMILES string of the molecule is Cl.NC1CCCC(C(=O)Nc2ccc(Cl)cc2OCC(F)(F)F)C1. The number of hydrogen-bond donors (Lipinski definition) is 2. The van der Waals surface area contributed by atoms with Crippen molar-refractivity contribution in [2.75, 3.05) is 11.9 Å². The lowest BCUT2D eigenvalue weighted by molar-refractivity contribution is -0.153. The molecule has 136 valence electrons. The van der Waals surface area contributed by atoms with E-state index in [1.54, 1.807) is 0 Å². The summed E-state index contributed by atoms with van der Waals surface area (Å²) >= 11 is 5.78. The topological polar surface area (TPSA) is 64.4 Å². The van der Waals surface area contributed by atoms with Gasteiger partial charge < -0.3 is 15.8 Å². The first-order valence-electron chi connectivity index (χ1n) is 7.30. The lowest BCUT2D eigenvalue weighted by Gasteiger charge is -2.26. The molecule has 1 aliphatic rings. The van der Waals surface area contributed by atoms with Crippen LogP contribution >= 0.6 is 24.0 Å². The van der Waals surface area contributed by atoms with E-state index in [4.69, 9.17) is 22.1 Å². The van der Waals surface area contributed by atoms with E-state index in [2.05, 4.69) is 5.32 Å². The van der Waals surface area contributed by atoms with Gasteiger partial charge in [-0.25, -0.2) is 0 Å². The molecule has 0 radical (unpaired) electrons. The molecule has 0 heterocycles. The normalized spacial score (nSPS) is 20.9. The van der Waals surface area contributed by atoms with E-state index in [0.29, 0.717) is 12.8 Å². The van der Waals surface area contributed by atoms with Crippen molar-refractivity contribution >= 4 is 35.6 Å². The van der Waals surface area contributed by atoms with Crippen molar-refractivity contribution in [3.63, 3.8) is 0 Å². The van der Waals surface area contributed by atoms with Gasteiger partial charge in [0.1, 0.15) is 5.75 Å². The molecule has 1 saturated carbocycles. The number of halogens is 5. The van der Waals surface area contributed by atoms with Gasteiger partial charge in [0, 0.05) is 23.0 Å². The van der Waals surface area contributed by atoms with Gasteiger partial charge in [-0.1, -0.05) is 18.0 Å². The molecule has 1 aromatic carbocycles. The number of anilines is 1. The molecule has 24 heavy (non-hydrogen) atoms. The Morgan fingerprint density at radius 2 is 2.08 bits per heavy atom. The fourth-order valence-electron chi connectivity index (χ4n) is 2.58. The quantitative estimate of drug-likeness (QED) is 0.816. The van der Waals surface area contributed by atoms with Gasteiger partial charge in [0.25, 0.3) is 0 Å². The van der Waals surface area contributed by atoms with E-state index in [0.717, 1.165) is 12.8 Å². The standard InChI is InChI=1S/C15H18ClF3N2O2.ClH/c16-10-4-5-12(13(7-10)23-8-15(17,18)19)21-14(22)9-2-1-3-11(20)6-9;/h4-5,7,9,11H,1-3,6,8,20H2,(H,21,22);1H.